The zero-order chi connectivity index (χ0) is 10.8. The number of ether oxygens (including phenoxy) is 2. The molecule has 3 nitrogen and oxygen atoms in total. The van der Waals surface area contributed by atoms with Gasteiger partial charge in [0.15, 0.2) is 0 Å². The van der Waals surface area contributed by atoms with Crippen molar-refractivity contribution in [3.63, 3.8) is 0 Å². The Hall–Kier alpha value is -0.830. The lowest BCUT2D eigenvalue weighted by Crippen LogP contribution is -2.17. The molecule has 0 bridgehead atoms. The molecule has 0 aliphatic carbocycles. The highest BCUT2D eigenvalue weighted by atomic mass is 16.6. The molecule has 0 fully saturated rings. The molecule has 0 aromatic heterocycles. The number of carbonyl (C=O) groups excluding carboxylic acids is 1. The maximum Gasteiger partial charge on any atom is 0.308 e. The molecule has 1 unspecified atom stereocenters. The number of allylic oxidation sites excluding steroid dienone is 2. The van der Waals surface area contributed by atoms with Crippen LogP contribution in [0.4, 0.5) is 0 Å². The second kappa shape index (κ2) is 8.75. The molecule has 14 heavy (non-hydrogen) atoms. The highest BCUT2D eigenvalue weighted by Gasteiger charge is 2.12. The lowest BCUT2D eigenvalue weighted by atomic mass is 10.1. The van der Waals surface area contributed by atoms with Gasteiger partial charge in [0.05, 0.1) is 12.5 Å². The fourth-order valence-electron chi connectivity index (χ4n) is 0.999. The first kappa shape index (κ1) is 13.2. The maximum absolute atomic E-state index is 11.3. The van der Waals surface area contributed by atoms with Crippen molar-refractivity contribution in [3.05, 3.63) is 12.2 Å². The van der Waals surface area contributed by atoms with Gasteiger partial charge in [-0.05, 0) is 19.8 Å². The van der Waals surface area contributed by atoms with E-state index in [1.165, 1.54) is 0 Å². The van der Waals surface area contributed by atoms with Crippen LogP contribution >= 0.6 is 0 Å². The van der Waals surface area contributed by atoms with Crippen LogP contribution in [0.1, 0.15) is 26.7 Å². The summed E-state index contributed by atoms with van der Waals surface area (Å²) in [4.78, 5) is 11.3. The maximum atomic E-state index is 11.3. The van der Waals surface area contributed by atoms with Crippen molar-refractivity contribution in [1.29, 1.82) is 0 Å². The van der Waals surface area contributed by atoms with E-state index in [0.29, 0.717) is 13.2 Å². The van der Waals surface area contributed by atoms with Crippen LogP contribution in [0.5, 0.6) is 0 Å². The third-order valence-corrected chi connectivity index (χ3v) is 1.94. The smallest absolute Gasteiger partial charge is 0.308 e. The highest BCUT2D eigenvalue weighted by Crippen LogP contribution is 2.08. The van der Waals surface area contributed by atoms with Gasteiger partial charge in [-0.25, -0.2) is 0 Å². The minimum Gasteiger partial charge on any atom is -0.463 e. The van der Waals surface area contributed by atoms with Crippen molar-refractivity contribution < 1.29 is 14.3 Å². The second-order valence-corrected chi connectivity index (χ2v) is 3.21. The SMILES string of the molecule is CC=CCCC(C)C(=O)OCCOC. The molecule has 0 aliphatic heterocycles. The lowest BCUT2D eigenvalue weighted by molar-refractivity contribution is -0.149. The molecule has 0 amide bonds. The predicted molar refractivity (Wildman–Crippen MR) is 56.0 cm³/mol. The van der Waals surface area contributed by atoms with Crippen LogP contribution in [0.15, 0.2) is 12.2 Å². The molecular weight excluding hydrogens is 180 g/mol. The van der Waals surface area contributed by atoms with Gasteiger partial charge in [-0.1, -0.05) is 19.1 Å². The van der Waals surface area contributed by atoms with Gasteiger partial charge in [0.25, 0.3) is 0 Å². The fourth-order valence-corrected chi connectivity index (χ4v) is 0.999. The predicted octanol–water partition coefficient (Wildman–Crippen LogP) is 2.17. The van der Waals surface area contributed by atoms with Crippen LogP contribution < -0.4 is 0 Å². The van der Waals surface area contributed by atoms with Crippen molar-refractivity contribution in [2.45, 2.75) is 26.7 Å². The summed E-state index contributed by atoms with van der Waals surface area (Å²) < 4.78 is 9.77. The Balaban J connectivity index is 3.54. The summed E-state index contributed by atoms with van der Waals surface area (Å²) >= 11 is 0. The summed E-state index contributed by atoms with van der Waals surface area (Å²) in [6, 6.07) is 0. The summed E-state index contributed by atoms with van der Waals surface area (Å²) in [6.07, 6.45) is 5.81. The molecule has 0 rings (SSSR count). The normalized spacial score (nSPS) is 13.1. The molecule has 0 N–H and O–H groups in total. The Bertz CT molecular complexity index is 175. The molecule has 82 valence electrons. The summed E-state index contributed by atoms with van der Waals surface area (Å²) in [5.74, 6) is -0.158. The number of rotatable bonds is 7. The summed E-state index contributed by atoms with van der Waals surface area (Å²) in [6.45, 7) is 4.68. The molecule has 0 aromatic rings. The number of carbonyl (C=O) groups is 1. The first-order valence-electron chi connectivity index (χ1n) is 4.99. The molecule has 0 aromatic carbocycles. The monoisotopic (exact) mass is 200 g/mol. The lowest BCUT2D eigenvalue weighted by Gasteiger charge is -2.09. The quantitative estimate of drug-likeness (QED) is 0.359. The molecular formula is C11H20O3. The number of hydrogen-bond acceptors (Lipinski definition) is 3. The average molecular weight is 200 g/mol. The Morgan fingerprint density at radius 2 is 2.14 bits per heavy atom. The van der Waals surface area contributed by atoms with Crippen LogP contribution in [0.3, 0.4) is 0 Å². The van der Waals surface area contributed by atoms with Crippen LogP contribution in [-0.4, -0.2) is 26.3 Å². The van der Waals surface area contributed by atoms with Crippen LogP contribution in [-0.2, 0) is 14.3 Å². The Kier molecular flexibility index (Phi) is 8.24. The third-order valence-electron chi connectivity index (χ3n) is 1.94. The Labute approximate surface area is 86.1 Å². The van der Waals surface area contributed by atoms with Gasteiger partial charge in [-0.3, -0.25) is 4.79 Å². The van der Waals surface area contributed by atoms with E-state index in [4.69, 9.17) is 9.47 Å². The van der Waals surface area contributed by atoms with Gasteiger partial charge in [0.1, 0.15) is 6.61 Å². The minimum atomic E-state index is -0.133. The fraction of sp³-hybridized carbons (Fsp3) is 0.727. The number of esters is 1. The second-order valence-electron chi connectivity index (χ2n) is 3.21. The van der Waals surface area contributed by atoms with Crippen molar-refractivity contribution in [2.24, 2.45) is 5.92 Å². The molecule has 3 heteroatoms. The van der Waals surface area contributed by atoms with Crippen molar-refractivity contribution in [2.75, 3.05) is 20.3 Å². The van der Waals surface area contributed by atoms with Crippen molar-refractivity contribution in [1.82, 2.24) is 0 Å². The number of methoxy groups -OCH3 is 1. The molecule has 1 atom stereocenters. The molecule has 0 saturated heterocycles. The van der Waals surface area contributed by atoms with Crippen LogP contribution in [0.25, 0.3) is 0 Å². The van der Waals surface area contributed by atoms with Crippen LogP contribution in [0.2, 0.25) is 0 Å². The molecule has 0 spiro atoms. The Morgan fingerprint density at radius 3 is 2.71 bits per heavy atom. The van der Waals surface area contributed by atoms with E-state index in [1.807, 2.05) is 19.9 Å². The molecule has 0 heterocycles. The summed E-state index contributed by atoms with van der Waals surface area (Å²) in [5.41, 5.74) is 0. The first-order valence-corrected chi connectivity index (χ1v) is 4.99. The van der Waals surface area contributed by atoms with Gasteiger partial charge in [0, 0.05) is 7.11 Å². The minimum absolute atomic E-state index is 0.0249. The molecule has 0 aliphatic rings. The van der Waals surface area contributed by atoms with E-state index in [1.54, 1.807) is 7.11 Å². The zero-order valence-electron chi connectivity index (χ0n) is 9.29. The standard InChI is InChI=1S/C11H20O3/c1-4-5-6-7-10(2)11(12)14-9-8-13-3/h4-5,10H,6-9H2,1-3H3. The van der Waals surface area contributed by atoms with E-state index in [2.05, 4.69) is 6.08 Å². The Morgan fingerprint density at radius 1 is 1.43 bits per heavy atom. The van der Waals surface area contributed by atoms with E-state index in [9.17, 15) is 4.79 Å². The van der Waals surface area contributed by atoms with E-state index >= 15 is 0 Å². The summed E-state index contributed by atoms with van der Waals surface area (Å²) in [5, 5.41) is 0. The molecule has 0 radical (unpaired) electrons. The average Bonchev–Trinajstić information content (AvgIpc) is 2.18. The van der Waals surface area contributed by atoms with Gasteiger partial charge in [-0.2, -0.15) is 0 Å². The zero-order valence-corrected chi connectivity index (χ0v) is 9.29. The van der Waals surface area contributed by atoms with Gasteiger partial charge < -0.3 is 9.47 Å². The van der Waals surface area contributed by atoms with Crippen molar-refractivity contribution >= 4 is 5.97 Å². The largest absolute Gasteiger partial charge is 0.463 e. The topological polar surface area (TPSA) is 35.5 Å². The van der Waals surface area contributed by atoms with Gasteiger partial charge in [0.2, 0.25) is 0 Å². The third kappa shape index (κ3) is 6.66. The molecule has 0 saturated carbocycles. The van der Waals surface area contributed by atoms with E-state index in [-0.39, 0.29) is 11.9 Å². The first-order chi connectivity index (χ1) is 6.72. The van der Waals surface area contributed by atoms with Crippen LogP contribution in [0, 0.1) is 5.92 Å². The summed E-state index contributed by atoms with van der Waals surface area (Å²) in [7, 11) is 1.59. The van der Waals surface area contributed by atoms with E-state index < -0.39 is 0 Å². The van der Waals surface area contributed by atoms with Crippen molar-refractivity contribution in [3.8, 4) is 0 Å². The van der Waals surface area contributed by atoms with Gasteiger partial charge in [-0.15, -0.1) is 0 Å². The van der Waals surface area contributed by atoms with Gasteiger partial charge >= 0.3 is 5.97 Å². The van der Waals surface area contributed by atoms with E-state index in [0.717, 1.165) is 12.8 Å². The number of hydrogen-bond donors (Lipinski definition) is 0. The highest BCUT2D eigenvalue weighted by molar-refractivity contribution is 5.71.